The minimum atomic E-state index is -0.622. The quantitative estimate of drug-likeness (QED) is 0.0866. The molecule has 7 aromatic rings. The number of ether oxygens (including phenoxy) is 4. The Morgan fingerprint density at radius 2 is 1.34 bits per heavy atom. The third-order valence-corrected chi connectivity index (χ3v) is 11.8. The summed E-state index contributed by atoms with van der Waals surface area (Å²) in [4.78, 5) is 53.5. The number of anilines is 2. The maximum absolute atomic E-state index is 15.8. The van der Waals surface area contributed by atoms with E-state index in [0.29, 0.717) is 49.0 Å². The fourth-order valence-corrected chi connectivity index (χ4v) is 8.62. The van der Waals surface area contributed by atoms with Gasteiger partial charge in [0.2, 0.25) is 5.91 Å². The van der Waals surface area contributed by atoms with Crippen molar-refractivity contribution in [3.05, 3.63) is 108 Å². The molecule has 14 nitrogen and oxygen atoms in total. The van der Waals surface area contributed by atoms with Crippen molar-refractivity contribution >= 4 is 66.5 Å². The molecule has 1 aromatic carbocycles. The molecule has 1 N–H and O–H groups in total. The van der Waals surface area contributed by atoms with Gasteiger partial charge < -0.3 is 29.2 Å². The molecule has 0 fully saturated rings. The molecule has 6 aromatic heterocycles. The normalized spacial score (nSPS) is 11.8. The van der Waals surface area contributed by atoms with Crippen LogP contribution in [0, 0.1) is 5.82 Å². The first-order valence-corrected chi connectivity index (χ1v) is 22.6. The highest BCUT2D eigenvalue weighted by molar-refractivity contribution is 7.23. The van der Waals surface area contributed by atoms with E-state index in [1.807, 2.05) is 84.0 Å². The minimum absolute atomic E-state index is 0.0586. The highest BCUT2D eigenvalue weighted by Gasteiger charge is 2.24. The number of methoxy groups -OCH3 is 2. The number of pyridine rings is 4. The number of hydrogen-bond acceptors (Lipinski definition) is 14. The predicted octanol–water partition coefficient (Wildman–Crippen LogP) is 11.2. The number of hydrogen-bond donors (Lipinski definition) is 1. The molecule has 17 heteroatoms. The number of nitrogens with zero attached hydrogens (tertiary/aromatic N) is 6. The Morgan fingerprint density at radius 3 is 1.94 bits per heavy atom. The molecule has 0 aliphatic rings. The summed E-state index contributed by atoms with van der Waals surface area (Å²) in [5.74, 6) is -0.211. The van der Waals surface area contributed by atoms with E-state index in [4.69, 9.17) is 28.8 Å². The predicted molar refractivity (Wildman–Crippen MR) is 252 cm³/mol. The van der Waals surface area contributed by atoms with Crippen LogP contribution in [0.1, 0.15) is 59.1 Å². The molecule has 340 valence electrons. The number of hydroxylamine groups is 2. The molecule has 0 unspecified atom stereocenters. The SMILES string of the molecule is COCCC(=O)N(Cc1ccc(-c2cc3nccc(Oc4ccc(Nc5ccnc6cc(-c7ccc(CN(CCOC)C(=O)OC(C)(C)C)cn7)sc56)cc4F)c3s2)nc1)OC(C)(C)C. The molecule has 0 saturated carbocycles. The van der Waals surface area contributed by atoms with Gasteiger partial charge in [-0.2, -0.15) is 0 Å². The van der Waals surface area contributed by atoms with E-state index < -0.39 is 23.1 Å². The summed E-state index contributed by atoms with van der Waals surface area (Å²) in [6, 6.07) is 19.9. The Hall–Kier alpha value is -6.11. The van der Waals surface area contributed by atoms with E-state index >= 15 is 4.39 Å². The average molecular weight is 922 g/mol. The second-order valence-corrected chi connectivity index (χ2v) is 19.2. The number of amides is 2. The number of halogens is 1. The first-order chi connectivity index (χ1) is 31.1. The standard InChI is InChI=1S/C48H52FN7O7S2/c1-47(2,3)62-46(58)55(20-22-60-8)28-30-9-12-34(52-26-30)41-24-37-44(64-41)36(15-18-50-37)54-32-11-14-39(33(49)23-32)61-40-16-19-51-38-25-42(65-45(38)40)35-13-10-31(27-53-35)29-56(63-48(4,5)6)43(57)17-21-59-7/h9-16,18-19,23-27H,17,20-22,28-29H2,1-8H3,(H,50,54). The zero-order chi connectivity index (χ0) is 46.3. The van der Waals surface area contributed by atoms with Crippen molar-refractivity contribution in [2.75, 3.05) is 39.3 Å². The van der Waals surface area contributed by atoms with Gasteiger partial charge in [-0.05, 0) is 95.1 Å². The minimum Gasteiger partial charge on any atom is -0.453 e. The third-order valence-electron chi connectivity index (χ3n) is 9.47. The molecule has 0 atom stereocenters. The van der Waals surface area contributed by atoms with Gasteiger partial charge in [-0.3, -0.25) is 29.6 Å². The number of carbonyl (C=O) groups is 2. The fraction of sp³-hybridized carbons (Fsp3) is 0.333. The largest absolute Gasteiger partial charge is 0.453 e. The zero-order valence-electron chi connectivity index (χ0n) is 37.6. The van der Waals surface area contributed by atoms with Crippen LogP contribution in [0.25, 0.3) is 41.6 Å². The number of nitrogens with one attached hydrogen (secondary N) is 1. The lowest BCUT2D eigenvalue weighted by molar-refractivity contribution is -0.232. The van der Waals surface area contributed by atoms with Crippen LogP contribution in [0.3, 0.4) is 0 Å². The van der Waals surface area contributed by atoms with E-state index in [-0.39, 0.29) is 24.6 Å². The molecule has 65 heavy (non-hydrogen) atoms. The molecule has 2 amide bonds. The number of fused-ring (bicyclic) bond motifs is 2. The molecule has 0 saturated heterocycles. The lowest BCUT2D eigenvalue weighted by Gasteiger charge is -2.29. The Balaban J connectivity index is 1.02. The van der Waals surface area contributed by atoms with Gasteiger partial charge in [-0.25, -0.2) is 14.2 Å². The summed E-state index contributed by atoms with van der Waals surface area (Å²) >= 11 is 2.95. The summed E-state index contributed by atoms with van der Waals surface area (Å²) in [6.07, 6.45) is 6.58. The number of carbonyl (C=O) groups excluding carboxylic acids is 2. The van der Waals surface area contributed by atoms with Gasteiger partial charge >= 0.3 is 6.09 Å². The molecular formula is C48H52FN7O7S2. The van der Waals surface area contributed by atoms with Crippen LogP contribution in [-0.2, 0) is 36.9 Å². The fourth-order valence-electron chi connectivity index (χ4n) is 6.51. The molecular weight excluding hydrogens is 870 g/mol. The van der Waals surface area contributed by atoms with Crippen molar-refractivity contribution in [2.45, 2.75) is 72.3 Å². The molecule has 0 radical (unpaired) electrons. The summed E-state index contributed by atoms with van der Waals surface area (Å²) in [5, 5.41) is 4.72. The van der Waals surface area contributed by atoms with Gasteiger partial charge in [0.05, 0.1) is 85.6 Å². The summed E-state index contributed by atoms with van der Waals surface area (Å²) in [7, 11) is 3.15. The van der Waals surface area contributed by atoms with E-state index in [1.165, 1.54) is 33.8 Å². The Labute approximate surface area is 385 Å². The monoisotopic (exact) mass is 921 g/mol. The van der Waals surface area contributed by atoms with Crippen molar-refractivity contribution in [1.29, 1.82) is 0 Å². The van der Waals surface area contributed by atoms with E-state index in [0.717, 1.165) is 47.2 Å². The van der Waals surface area contributed by atoms with Crippen LogP contribution in [0.2, 0.25) is 0 Å². The van der Waals surface area contributed by atoms with E-state index in [9.17, 15) is 9.59 Å². The van der Waals surface area contributed by atoms with Gasteiger partial charge in [0, 0.05) is 63.4 Å². The summed E-state index contributed by atoms with van der Waals surface area (Å²) in [5.41, 5.74) is 4.67. The van der Waals surface area contributed by atoms with Crippen LogP contribution >= 0.6 is 22.7 Å². The number of benzene rings is 1. The van der Waals surface area contributed by atoms with Gasteiger partial charge in [-0.15, -0.1) is 22.7 Å². The van der Waals surface area contributed by atoms with Crippen molar-refractivity contribution in [2.24, 2.45) is 0 Å². The molecule has 6 heterocycles. The van der Waals surface area contributed by atoms with E-state index in [1.54, 1.807) is 62.1 Å². The lowest BCUT2D eigenvalue weighted by atomic mass is 10.2. The second kappa shape index (κ2) is 20.4. The van der Waals surface area contributed by atoms with Crippen LogP contribution in [-0.4, -0.2) is 87.1 Å². The molecule has 0 bridgehead atoms. The van der Waals surface area contributed by atoms with Crippen molar-refractivity contribution in [3.8, 4) is 32.6 Å². The smallest absolute Gasteiger partial charge is 0.410 e. The second-order valence-electron chi connectivity index (χ2n) is 17.1. The van der Waals surface area contributed by atoms with Crippen molar-refractivity contribution in [1.82, 2.24) is 29.9 Å². The van der Waals surface area contributed by atoms with Gasteiger partial charge in [-0.1, -0.05) is 12.1 Å². The Bertz CT molecular complexity index is 2750. The van der Waals surface area contributed by atoms with Gasteiger partial charge in [0.1, 0.15) is 11.4 Å². The van der Waals surface area contributed by atoms with Crippen molar-refractivity contribution in [3.63, 3.8) is 0 Å². The van der Waals surface area contributed by atoms with E-state index in [2.05, 4.69) is 20.3 Å². The van der Waals surface area contributed by atoms with Crippen LogP contribution in [0.5, 0.6) is 11.5 Å². The maximum atomic E-state index is 15.8. The highest BCUT2D eigenvalue weighted by Crippen LogP contribution is 2.41. The topological polar surface area (TPSA) is 150 Å². The van der Waals surface area contributed by atoms with Crippen LogP contribution in [0.15, 0.2) is 91.5 Å². The Kier molecular flexibility index (Phi) is 14.7. The zero-order valence-corrected chi connectivity index (χ0v) is 39.3. The first-order valence-electron chi connectivity index (χ1n) is 20.9. The highest BCUT2D eigenvalue weighted by atomic mass is 32.1. The number of thiophene rings is 2. The lowest BCUT2D eigenvalue weighted by Crippen LogP contribution is -2.38. The average Bonchev–Trinajstić information content (AvgIpc) is 3.91. The van der Waals surface area contributed by atoms with Crippen LogP contribution < -0.4 is 10.1 Å². The van der Waals surface area contributed by atoms with Crippen molar-refractivity contribution < 1.29 is 37.8 Å². The number of rotatable bonds is 17. The summed E-state index contributed by atoms with van der Waals surface area (Å²) in [6.45, 7) is 12.8. The third kappa shape index (κ3) is 12.4. The summed E-state index contributed by atoms with van der Waals surface area (Å²) < 4.78 is 39.5. The number of aromatic nitrogens is 4. The molecule has 0 spiro atoms. The van der Waals surface area contributed by atoms with Gasteiger partial charge in [0.15, 0.2) is 11.6 Å². The first kappa shape index (κ1) is 46.9. The van der Waals surface area contributed by atoms with Gasteiger partial charge in [0.25, 0.3) is 0 Å². The molecule has 0 aliphatic carbocycles. The maximum Gasteiger partial charge on any atom is 0.410 e. The molecule has 7 rings (SSSR count). The van der Waals surface area contributed by atoms with Crippen LogP contribution in [0.4, 0.5) is 20.6 Å². The Morgan fingerprint density at radius 1 is 0.708 bits per heavy atom. The molecule has 0 aliphatic heterocycles.